The van der Waals surface area contributed by atoms with Gasteiger partial charge in [0.25, 0.3) is 0 Å². The van der Waals surface area contributed by atoms with Crippen LogP contribution in [0.2, 0.25) is 0 Å². The molecule has 3 rings (SSSR count). The summed E-state index contributed by atoms with van der Waals surface area (Å²) in [6, 6.07) is 12.2. The van der Waals surface area contributed by atoms with Gasteiger partial charge >= 0.3 is 0 Å². The number of hydrogen-bond acceptors (Lipinski definition) is 0. The van der Waals surface area contributed by atoms with Gasteiger partial charge < -0.3 is 0 Å². The Morgan fingerprint density at radius 2 is 0.950 bits per heavy atom. The lowest BCUT2D eigenvalue weighted by atomic mass is 9.98. The van der Waals surface area contributed by atoms with E-state index in [4.69, 9.17) is 13.1 Å². The Balaban J connectivity index is 2.43. The molecule has 3 aromatic rings. The normalized spacial score (nSPS) is 10.4. The first-order valence-electron chi connectivity index (χ1n) is 6.36. The molecule has 0 N–H and O–H groups in total. The van der Waals surface area contributed by atoms with Gasteiger partial charge in [0.05, 0.1) is 13.1 Å². The van der Waals surface area contributed by atoms with Gasteiger partial charge in [0, 0.05) is 0 Å². The van der Waals surface area contributed by atoms with Crippen molar-refractivity contribution in [2.75, 3.05) is 0 Å². The molecule has 0 spiro atoms. The van der Waals surface area contributed by atoms with Crippen molar-refractivity contribution in [2.45, 2.75) is 13.8 Å². The van der Waals surface area contributed by atoms with Gasteiger partial charge in [-0.2, -0.15) is 0 Å². The summed E-state index contributed by atoms with van der Waals surface area (Å²) in [6.07, 6.45) is 0. The van der Waals surface area contributed by atoms with Crippen LogP contribution >= 0.6 is 0 Å². The van der Waals surface area contributed by atoms with Crippen molar-refractivity contribution >= 4 is 32.9 Å². The van der Waals surface area contributed by atoms with Gasteiger partial charge in [-0.3, -0.25) is 9.69 Å². The van der Waals surface area contributed by atoms with E-state index >= 15 is 0 Å². The van der Waals surface area contributed by atoms with Gasteiger partial charge in [-0.05, 0) is 58.7 Å². The highest BCUT2D eigenvalue weighted by molar-refractivity contribution is 6.02. The molecule has 0 aliphatic carbocycles. The van der Waals surface area contributed by atoms with Crippen LogP contribution in [-0.2, 0) is 0 Å². The first-order chi connectivity index (χ1) is 9.62. The van der Waals surface area contributed by atoms with Gasteiger partial charge in [-0.15, -0.1) is 0 Å². The van der Waals surface area contributed by atoms with Crippen molar-refractivity contribution in [3.05, 3.63) is 70.4 Å². The van der Waals surface area contributed by atoms with Crippen molar-refractivity contribution < 1.29 is 0 Å². The maximum atomic E-state index is 7.17. The second kappa shape index (κ2) is 4.37. The average Bonchev–Trinajstić information content (AvgIpc) is 2.45. The first kappa shape index (κ1) is 12.2. The monoisotopic (exact) mass is 256 g/mol. The van der Waals surface area contributed by atoms with E-state index in [0.29, 0.717) is 11.4 Å². The molecule has 3 aromatic carbocycles. The summed E-state index contributed by atoms with van der Waals surface area (Å²) in [7, 11) is 0. The van der Waals surface area contributed by atoms with Crippen molar-refractivity contribution in [2.24, 2.45) is 0 Å². The molecule has 20 heavy (non-hydrogen) atoms. The predicted octanol–water partition coefficient (Wildman–Crippen LogP) is 5.71. The van der Waals surface area contributed by atoms with E-state index in [1.807, 2.05) is 12.1 Å². The summed E-state index contributed by atoms with van der Waals surface area (Å²) in [6.45, 7) is 18.5. The van der Waals surface area contributed by atoms with Crippen LogP contribution in [-0.4, -0.2) is 0 Å². The minimum Gasteiger partial charge on any atom is -0.250 e. The third kappa shape index (κ3) is 1.79. The molecule has 0 aliphatic heterocycles. The quantitative estimate of drug-likeness (QED) is 0.359. The molecule has 0 amide bonds. The van der Waals surface area contributed by atoms with Crippen LogP contribution in [0.5, 0.6) is 0 Å². The third-order valence-corrected chi connectivity index (χ3v) is 3.74. The summed E-state index contributed by atoms with van der Waals surface area (Å²) in [4.78, 5) is 6.88. The van der Waals surface area contributed by atoms with Gasteiger partial charge in [0.2, 0.25) is 0 Å². The fraction of sp³-hybridized carbons (Fsp3) is 0.111. The predicted molar refractivity (Wildman–Crippen MR) is 83.5 cm³/mol. The Morgan fingerprint density at radius 3 is 1.30 bits per heavy atom. The molecule has 0 unspecified atom stereocenters. The molecule has 2 nitrogen and oxygen atoms in total. The number of benzene rings is 3. The van der Waals surface area contributed by atoms with Crippen LogP contribution < -0.4 is 0 Å². The van der Waals surface area contributed by atoms with Crippen molar-refractivity contribution in [1.82, 2.24) is 0 Å². The minimum atomic E-state index is 0.427. The molecule has 0 saturated carbocycles. The largest absolute Gasteiger partial charge is 0.250 e. The summed E-state index contributed by atoms with van der Waals surface area (Å²) in [5.74, 6) is 0. The first-order valence-corrected chi connectivity index (χ1v) is 6.36. The lowest BCUT2D eigenvalue weighted by Crippen LogP contribution is -1.83. The second-order valence-electron chi connectivity index (χ2n) is 5.05. The Labute approximate surface area is 117 Å². The third-order valence-electron chi connectivity index (χ3n) is 3.74. The van der Waals surface area contributed by atoms with Gasteiger partial charge in [-0.25, -0.2) is 0 Å². The van der Waals surface area contributed by atoms with E-state index in [-0.39, 0.29) is 0 Å². The maximum Gasteiger partial charge on any atom is 0.195 e. The second-order valence-corrected chi connectivity index (χ2v) is 5.05. The number of nitrogens with zero attached hydrogens (tertiary/aromatic N) is 2. The van der Waals surface area contributed by atoms with Crippen molar-refractivity contribution in [3.8, 4) is 0 Å². The molecule has 2 heteroatoms. The van der Waals surface area contributed by atoms with Crippen LogP contribution in [0, 0.1) is 27.0 Å². The van der Waals surface area contributed by atoms with Crippen LogP contribution in [0.4, 0.5) is 11.4 Å². The molecule has 0 radical (unpaired) electrons. The van der Waals surface area contributed by atoms with Gasteiger partial charge in [0.1, 0.15) is 0 Å². The zero-order chi connectivity index (χ0) is 14.3. The van der Waals surface area contributed by atoms with E-state index in [1.165, 1.54) is 21.9 Å². The Morgan fingerprint density at radius 1 is 0.600 bits per heavy atom. The van der Waals surface area contributed by atoms with E-state index in [0.717, 1.165) is 10.8 Å². The Bertz CT molecular complexity index is 860. The highest BCUT2D eigenvalue weighted by Crippen LogP contribution is 2.35. The van der Waals surface area contributed by atoms with Gasteiger partial charge in [0.15, 0.2) is 11.4 Å². The zero-order valence-corrected chi connectivity index (χ0v) is 11.4. The standard InChI is InChI=1S/C18H12N2/c1-11-5-13-7-15-9-17(19-3)18(20-4)10-16(15)8-14(13)6-12(11)2/h5-10H,1-2H3. The topological polar surface area (TPSA) is 8.72 Å². The van der Waals surface area contributed by atoms with E-state index in [1.54, 1.807) is 0 Å². The number of hydrogen-bond donors (Lipinski definition) is 0. The Kier molecular flexibility index (Phi) is 2.67. The fourth-order valence-electron chi connectivity index (χ4n) is 2.48. The fourth-order valence-corrected chi connectivity index (χ4v) is 2.48. The SMILES string of the molecule is [C-]#[N+]c1cc2cc3cc(C)c(C)cc3cc2cc1[N+]#[C-]. The molecule has 0 saturated heterocycles. The summed E-state index contributed by atoms with van der Waals surface area (Å²) in [5.41, 5.74) is 3.38. The maximum absolute atomic E-state index is 7.17. The molecular weight excluding hydrogens is 244 g/mol. The van der Waals surface area contributed by atoms with Crippen LogP contribution in [0.1, 0.15) is 11.1 Å². The van der Waals surface area contributed by atoms with E-state index in [9.17, 15) is 0 Å². The molecule has 0 bridgehead atoms. The summed E-state index contributed by atoms with van der Waals surface area (Å²) >= 11 is 0. The molecule has 0 atom stereocenters. The number of aryl methyl sites for hydroxylation is 2. The molecule has 0 heterocycles. The molecule has 0 fully saturated rings. The molecular formula is C18H12N2. The molecule has 94 valence electrons. The van der Waals surface area contributed by atoms with Gasteiger partial charge in [-0.1, -0.05) is 24.3 Å². The highest BCUT2D eigenvalue weighted by atomic mass is 14.7. The minimum absolute atomic E-state index is 0.427. The van der Waals surface area contributed by atoms with Crippen molar-refractivity contribution in [1.29, 1.82) is 0 Å². The van der Waals surface area contributed by atoms with Crippen molar-refractivity contribution in [3.63, 3.8) is 0 Å². The van der Waals surface area contributed by atoms with E-state index in [2.05, 4.69) is 47.8 Å². The number of rotatable bonds is 0. The molecule has 0 aliphatic rings. The summed E-state index contributed by atoms with van der Waals surface area (Å²) < 4.78 is 0. The van der Waals surface area contributed by atoms with Crippen LogP contribution in [0.3, 0.4) is 0 Å². The Hall–Kier alpha value is -2.84. The smallest absolute Gasteiger partial charge is 0.195 e. The van der Waals surface area contributed by atoms with Crippen LogP contribution in [0.15, 0.2) is 36.4 Å². The lowest BCUT2D eigenvalue weighted by molar-refractivity contribution is 1.37. The highest BCUT2D eigenvalue weighted by Gasteiger charge is 2.06. The van der Waals surface area contributed by atoms with Crippen LogP contribution in [0.25, 0.3) is 31.2 Å². The average molecular weight is 256 g/mol. The summed E-state index contributed by atoms with van der Waals surface area (Å²) in [5, 5.41) is 4.37. The molecule has 0 aromatic heterocycles. The lowest BCUT2D eigenvalue weighted by Gasteiger charge is -2.07. The zero-order valence-electron chi connectivity index (χ0n) is 11.4. The van der Waals surface area contributed by atoms with E-state index < -0.39 is 0 Å². The number of fused-ring (bicyclic) bond motifs is 2.